The second-order valence-electron chi connectivity index (χ2n) is 8.69. The molecule has 168 valence electrons. The van der Waals surface area contributed by atoms with E-state index in [2.05, 4.69) is 13.8 Å². The number of rotatable bonds is 12. The van der Waals surface area contributed by atoms with Gasteiger partial charge < -0.3 is 14.2 Å². The fourth-order valence-electron chi connectivity index (χ4n) is 4.00. The normalized spacial score (nSPS) is 14.3. The van der Waals surface area contributed by atoms with Crippen LogP contribution in [0.1, 0.15) is 69.5 Å². The first kappa shape index (κ1) is 23.1. The minimum atomic E-state index is -0.0245. The molecule has 0 saturated heterocycles. The van der Waals surface area contributed by atoms with Crippen LogP contribution >= 0.6 is 0 Å². The number of amides is 2. The van der Waals surface area contributed by atoms with Crippen molar-refractivity contribution in [3.63, 3.8) is 0 Å². The van der Waals surface area contributed by atoms with E-state index >= 15 is 0 Å². The number of hydrogen-bond acceptors (Lipinski definition) is 3. The van der Waals surface area contributed by atoms with E-state index in [0.717, 1.165) is 55.6 Å². The molecule has 2 aromatic rings. The first-order valence-electron chi connectivity index (χ1n) is 11.7. The molecule has 0 bridgehead atoms. The summed E-state index contributed by atoms with van der Waals surface area (Å²) in [5, 5.41) is 0. The zero-order valence-electron chi connectivity index (χ0n) is 19.2. The number of carbonyl (C=O) groups excluding carboxylic acids is 2. The quantitative estimate of drug-likeness (QED) is 0.463. The lowest BCUT2D eigenvalue weighted by Crippen LogP contribution is -2.45. The Labute approximate surface area is 186 Å². The predicted octanol–water partition coefficient (Wildman–Crippen LogP) is 5.32. The Hall–Kier alpha value is -2.56. The van der Waals surface area contributed by atoms with Gasteiger partial charge in [-0.25, -0.2) is 0 Å². The van der Waals surface area contributed by atoms with Gasteiger partial charge in [0.1, 0.15) is 18.1 Å². The number of benzene rings is 1. The molecular formula is C26H36N2O3. The van der Waals surface area contributed by atoms with Crippen LogP contribution < -0.4 is 0 Å². The molecule has 0 spiro atoms. The number of hydrogen-bond donors (Lipinski definition) is 0. The highest BCUT2D eigenvalue weighted by Gasteiger charge is 2.37. The standard InChI is InChI=1S/C26H36N2O3/c1-4-6-12-22(5-2)26(30)28(23-14-15-23)19-25(29)27(17-21-10-8-7-9-11-21)18-24-16-13-20(3)31-24/h7-11,13,16,22-23H,4-6,12,14-15,17-19H2,1-3H3. The van der Waals surface area contributed by atoms with Gasteiger partial charge in [0.2, 0.25) is 11.8 Å². The van der Waals surface area contributed by atoms with Crippen LogP contribution in [0.4, 0.5) is 0 Å². The smallest absolute Gasteiger partial charge is 0.242 e. The summed E-state index contributed by atoms with van der Waals surface area (Å²) in [6, 6.07) is 14.0. The van der Waals surface area contributed by atoms with Crippen molar-refractivity contribution < 1.29 is 14.0 Å². The maximum absolute atomic E-state index is 13.4. The lowest BCUT2D eigenvalue weighted by Gasteiger charge is -2.30. The SMILES string of the molecule is CCCCC(CC)C(=O)N(CC(=O)N(Cc1ccccc1)Cc1ccc(C)o1)C1CC1. The molecule has 0 radical (unpaired) electrons. The maximum atomic E-state index is 13.4. The predicted molar refractivity (Wildman–Crippen MR) is 122 cm³/mol. The van der Waals surface area contributed by atoms with Crippen molar-refractivity contribution in [3.8, 4) is 0 Å². The second-order valence-corrected chi connectivity index (χ2v) is 8.69. The van der Waals surface area contributed by atoms with E-state index in [1.807, 2.05) is 59.2 Å². The highest BCUT2D eigenvalue weighted by Crippen LogP contribution is 2.30. The van der Waals surface area contributed by atoms with Crippen LogP contribution in [0.5, 0.6) is 0 Å². The Morgan fingerprint density at radius 2 is 1.81 bits per heavy atom. The maximum Gasteiger partial charge on any atom is 0.242 e. The lowest BCUT2D eigenvalue weighted by atomic mass is 9.97. The molecule has 1 saturated carbocycles. The highest BCUT2D eigenvalue weighted by atomic mass is 16.3. The summed E-state index contributed by atoms with van der Waals surface area (Å²) in [5.74, 6) is 1.74. The zero-order valence-corrected chi connectivity index (χ0v) is 19.2. The van der Waals surface area contributed by atoms with Crippen molar-refractivity contribution in [2.45, 2.75) is 78.4 Å². The van der Waals surface area contributed by atoms with E-state index in [9.17, 15) is 9.59 Å². The molecule has 5 heteroatoms. The first-order chi connectivity index (χ1) is 15.0. The van der Waals surface area contributed by atoms with Crippen LogP contribution in [-0.2, 0) is 22.7 Å². The number of aryl methyl sites for hydroxylation is 1. The number of carbonyl (C=O) groups is 2. The average molecular weight is 425 g/mol. The third-order valence-electron chi connectivity index (χ3n) is 6.04. The van der Waals surface area contributed by atoms with Gasteiger partial charge >= 0.3 is 0 Å². The Kier molecular flexibility index (Phi) is 8.33. The minimum Gasteiger partial charge on any atom is -0.464 e. The van der Waals surface area contributed by atoms with Crippen molar-refractivity contribution >= 4 is 11.8 Å². The molecule has 31 heavy (non-hydrogen) atoms. The molecule has 0 aliphatic heterocycles. The third-order valence-corrected chi connectivity index (χ3v) is 6.04. The topological polar surface area (TPSA) is 53.8 Å². The van der Waals surface area contributed by atoms with Crippen molar-refractivity contribution in [2.24, 2.45) is 5.92 Å². The van der Waals surface area contributed by atoms with Crippen LogP contribution in [0.3, 0.4) is 0 Å². The lowest BCUT2D eigenvalue weighted by molar-refractivity contribution is -0.144. The van der Waals surface area contributed by atoms with E-state index in [1.165, 1.54) is 0 Å². The third kappa shape index (κ3) is 6.71. The molecule has 1 unspecified atom stereocenters. The molecule has 1 heterocycles. The first-order valence-corrected chi connectivity index (χ1v) is 11.7. The van der Waals surface area contributed by atoms with Gasteiger partial charge in [0.15, 0.2) is 0 Å². The molecule has 1 aliphatic rings. The molecule has 1 aromatic carbocycles. The number of nitrogens with zero attached hydrogens (tertiary/aromatic N) is 2. The average Bonchev–Trinajstić information content (AvgIpc) is 3.53. The van der Waals surface area contributed by atoms with Crippen molar-refractivity contribution in [1.29, 1.82) is 0 Å². The van der Waals surface area contributed by atoms with Gasteiger partial charge in [-0.2, -0.15) is 0 Å². The molecule has 1 aliphatic carbocycles. The molecular weight excluding hydrogens is 388 g/mol. The minimum absolute atomic E-state index is 0.0173. The molecule has 5 nitrogen and oxygen atoms in total. The Balaban J connectivity index is 1.74. The fraction of sp³-hybridized carbons (Fsp3) is 0.538. The highest BCUT2D eigenvalue weighted by molar-refractivity contribution is 5.86. The summed E-state index contributed by atoms with van der Waals surface area (Å²) in [4.78, 5) is 30.4. The van der Waals surface area contributed by atoms with Gasteiger partial charge in [-0.1, -0.05) is 57.0 Å². The summed E-state index contributed by atoms with van der Waals surface area (Å²) >= 11 is 0. The summed E-state index contributed by atoms with van der Waals surface area (Å²) in [6.45, 7) is 7.18. The van der Waals surface area contributed by atoms with Gasteiger partial charge in [0.05, 0.1) is 6.54 Å². The molecule has 0 N–H and O–H groups in total. The fourth-order valence-corrected chi connectivity index (χ4v) is 4.00. The zero-order chi connectivity index (χ0) is 22.2. The molecule has 1 aromatic heterocycles. The Morgan fingerprint density at radius 3 is 2.39 bits per heavy atom. The van der Waals surface area contributed by atoms with Crippen LogP contribution in [0.15, 0.2) is 46.9 Å². The summed E-state index contributed by atoms with van der Waals surface area (Å²) < 4.78 is 5.74. The van der Waals surface area contributed by atoms with Gasteiger partial charge in [-0.3, -0.25) is 9.59 Å². The summed E-state index contributed by atoms with van der Waals surface area (Å²) in [6.07, 6.45) is 5.87. The van der Waals surface area contributed by atoms with Crippen LogP contribution in [-0.4, -0.2) is 34.2 Å². The van der Waals surface area contributed by atoms with Gasteiger partial charge in [-0.05, 0) is 50.3 Å². The Morgan fingerprint density at radius 1 is 1.06 bits per heavy atom. The molecule has 1 fully saturated rings. The van der Waals surface area contributed by atoms with Crippen molar-refractivity contribution in [2.75, 3.05) is 6.54 Å². The van der Waals surface area contributed by atoms with Gasteiger partial charge in [0, 0.05) is 18.5 Å². The monoisotopic (exact) mass is 424 g/mol. The van der Waals surface area contributed by atoms with Gasteiger partial charge in [-0.15, -0.1) is 0 Å². The van der Waals surface area contributed by atoms with E-state index in [4.69, 9.17) is 4.42 Å². The summed E-state index contributed by atoms with van der Waals surface area (Å²) in [7, 11) is 0. The van der Waals surface area contributed by atoms with E-state index in [-0.39, 0.29) is 30.3 Å². The van der Waals surface area contributed by atoms with E-state index < -0.39 is 0 Å². The van der Waals surface area contributed by atoms with E-state index in [0.29, 0.717) is 13.1 Å². The van der Waals surface area contributed by atoms with E-state index in [1.54, 1.807) is 0 Å². The summed E-state index contributed by atoms with van der Waals surface area (Å²) in [5.41, 5.74) is 1.07. The van der Waals surface area contributed by atoms with Crippen LogP contribution in [0, 0.1) is 12.8 Å². The largest absolute Gasteiger partial charge is 0.464 e. The van der Waals surface area contributed by atoms with Crippen LogP contribution in [0.25, 0.3) is 0 Å². The molecule has 3 rings (SSSR count). The van der Waals surface area contributed by atoms with Gasteiger partial charge in [0.25, 0.3) is 0 Å². The number of furan rings is 1. The van der Waals surface area contributed by atoms with Crippen molar-refractivity contribution in [3.05, 3.63) is 59.5 Å². The van der Waals surface area contributed by atoms with Crippen molar-refractivity contribution in [1.82, 2.24) is 9.80 Å². The molecule has 2 amide bonds. The Bertz CT molecular complexity index is 841. The molecule has 1 atom stereocenters. The number of unbranched alkanes of at least 4 members (excludes halogenated alkanes) is 1. The second kappa shape index (κ2) is 11.2. The van der Waals surface area contributed by atoms with Crippen LogP contribution in [0.2, 0.25) is 0 Å².